The number of hydrogen-bond acceptors (Lipinski definition) is 3. The Morgan fingerprint density at radius 1 is 1.35 bits per heavy atom. The van der Waals surface area contributed by atoms with Crippen LogP contribution >= 0.6 is 0 Å². The van der Waals surface area contributed by atoms with Crippen molar-refractivity contribution in [3.05, 3.63) is 29.3 Å². The molecule has 3 heteroatoms. The molecule has 0 spiro atoms. The Morgan fingerprint density at radius 3 is 2.95 bits per heavy atom. The summed E-state index contributed by atoms with van der Waals surface area (Å²) in [5, 5.41) is 14.0. The Morgan fingerprint density at radius 2 is 2.15 bits per heavy atom. The van der Waals surface area contributed by atoms with Gasteiger partial charge in [0, 0.05) is 19.5 Å². The van der Waals surface area contributed by atoms with Gasteiger partial charge in [0.05, 0.1) is 12.2 Å². The van der Waals surface area contributed by atoms with E-state index >= 15 is 0 Å². The summed E-state index contributed by atoms with van der Waals surface area (Å²) in [6.07, 6.45) is 5.17. The average Bonchev–Trinajstić information content (AvgIpc) is 2.90. The van der Waals surface area contributed by atoms with E-state index in [0.717, 1.165) is 56.9 Å². The molecule has 20 heavy (non-hydrogen) atoms. The molecule has 1 aliphatic carbocycles. The molecule has 0 aromatic heterocycles. The summed E-state index contributed by atoms with van der Waals surface area (Å²) in [6, 6.07) is 6.41. The monoisotopic (exact) mass is 275 g/mol. The summed E-state index contributed by atoms with van der Waals surface area (Å²) in [5.41, 5.74) is 2.10. The van der Waals surface area contributed by atoms with Gasteiger partial charge in [-0.05, 0) is 48.8 Å². The maximum atomic E-state index is 10.5. The van der Waals surface area contributed by atoms with Gasteiger partial charge in [-0.2, -0.15) is 0 Å². The van der Waals surface area contributed by atoms with Crippen molar-refractivity contribution < 1.29 is 9.84 Å². The van der Waals surface area contributed by atoms with Crippen LogP contribution in [0, 0.1) is 5.92 Å². The summed E-state index contributed by atoms with van der Waals surface area (Å²) in [7, 11) is 0. The van der Waals surface area contributed by atoms with Gasteiger partial charge < -0.3 is 15.2 Å². The highest BCUT2D eigenvalue weighted by atomic mass is 16.5. The largest absolute Gasteiger partial charge is 0.493 e. The molecule has 0 saturated heterocycles. The van der Waals surface area contributed by atoms with Crippen molar-refractivity contribution in [3.63, 3.8) is 0 Å². The van der Waals surface area contributed by atoms with Crippen LogP contribution < -0.4 is 10.1 Å². The van der Waals surface area contributed by atoms with Crippen LogP contribution in [-0.2, 0) is 13.0 Å². The van der Waals surface area contributed by atoms with E-state index < -0.39 is 5.60 Å². The third kappa shape index (κ3) is 3.15. The summed E-state index contributed by atoms with van der Waals surface area (Å²) >= 11 is 0. The first-order valence-corrected chi connectivity index (χ1v) is 7.82. The summed E-state index contributed by atoms with van der Waals surface area (Å²) < 4.78 is 5.52. The van der Waals surface area contributed by atoms with Gasteiger partial charge in [-0.1, -0.05) is 19.1 Å². The van der Waals surface area contributed by atoms with Crippen LogP contribution in [0.1, 0.15) is 43.7 Å². The SMILES string of the molecule is CC1CCC(O)(CNCc2ccc3c(c2)CCO3)CC1. The zero-order chi connectivity index (χ0) is 14.0. The van der Waals surface area contributed by atoms with Gasteiger partial charge in [0.15, 0.2) is 0 Å². The van der Waals surface area contributed by atoms with Gasteiger partial charge in [0.1, 0.15) is 5.75 Å². The van der Waals surface area contributed by atoms with Crippen molar-refractivity contribution >= 4 is 0 Å². The second kappa shape index (κ2) is 5.74. The number of fused-ring (bicyclic) bond motifs is 1. The molecule has 0 bridgehead atoms. The number of rotatable bonds is 4. The number of aliphatic hydroxyl groups is 1. The van der Waals surface area contributed by atoms with Crippen molar-refractivity contribution in [2.24, 2.45) is 5.92 Å². The molecule has 0 amide bonds. The van der Waals surface area contributed by atoms with Crippen LogP contribution in [0.15, 0.2) is 18.2 Å². The normalized spacial score (nSPS) is 29.0. The highest BCUT2D eigenvalue weighted by Gasteiger charge is 2.31. The Kier molecular flexibility index (Phi) is 3.99. The lowest BCUT2D eigenvalue weighted by Crippen LogP contribution is -2.43. The van der Waals surface area contributed by atoms with Gasteiger partial charge in [-0.15, -0.1) is 0 Å². The highest BCUT2D eigenvalue weighted by Crippen LogP contribution is 2.31. The van der Waals surface area contributed by atoms with Gasteiger partial charge in [0.25, 0.3) is 0 Å². The van der Waals surface area contributed by atoms with E-state index in [4.69, 9.17) is 4.74 Å². The number of nitrogens with one attached hydrogen (secondary N) is 1. The van der Waals surface area contributed by atoms with Crippen molar-refractivity contribution in [1.82, 2.24) is 5.32 Å². The zero-order valence-corrected chi connectivity index (χ0v) is 12.3. The fourth-order valence-electron chi connectivity index (χ4n) is 3.27. The van der Waals surface area contributed by atoms with Crippen LogP contribution in [0.3, 0.4) is 0 Å². The van der Waals surface area contributed by atoms with E-state index in [0.29, 0.717) is 6.54 Å². The molecular formula is C17H25NO2. The number of hydrogen-bond donors (Lipinski definition) is 2. The van der Waals surface area contributed by atoms with Gasteiger partial charge in [-0.3, -0.25) is 0 Å². The minimum atomic E-state index is -0.494. The zero-order valence-electron chi connectivity index (χ0n) is 12.3. The molecule has 110 valence electrons. The van der Waals surface area contributed by atoms with Crippen LogP contribution in [0.2, 0.25) is 0 Å². The molecule has 1 aliphatic heterocycles. The summed E-state index contributed by atoms with van der Waals surface area (Å²) in [5.74, 6) is 1.81. The first-order chi connectivity index (χ1) is 9.65. The molecule has 1 saturated carbocycles. The highest BCUT2D eigenvalue weighted by molar-refractivity contribution is 5.39. The molecule has 1 aromatic carbocycles. The summed E-state index contributed by atoms with van der Waals surface area (Å²) in [6.45, 7) is 4.61. The van der Waals surface area contributed by atoms with Crippen molar-refractivity contribution in [3.8, 4) is 5.75 Å². The smallest absolute Gasteiger partial charge is 0.122 e. The van der Waals surface area contributed by atoms with Crippen molar-refractivity contribution in [2.75, 3.05) is 13.2 Å². The number of benzene rings is 1. The van der Waals surface area contributed by atoms with Crippen molar-refractivity contribution in [1.29, 1.82) is 0 Å². The van der Waals surface area contributed by atoms with E-state index in [1.807, 2.05) is 0 Å². The van der Waals surface area contributed by atoms with Crippen LogP contribution in [0.25, 0.3) is 0 Å². The third-order valence-electron chi connectivity index (χ3n) is 4.74. The average molecular weight is 275 g/mol. The van der Waals surface area contributed by atoms with Gasteiger partial charge in [-0.25, -0.2) is 0 Å². The molecule has 1 aromatic rings. The summed E-state index contributed by atoms with van der Waals surface area (Å²) in [4.78, 5) is 0. The first kappa shape index (κ1) is 13.9. The molecule has 1 fully saturated rings. The van der Waals surface area contributed by atoms with Crippen LogP contribution in [-0.4, -0.2) is 23.9 Å². The molecular weight excluding hydrogens is 250 g/mol. The third-order valence-corrected chi connectivity index (χ3v) is 4.74. The molecule has 2 N–H and O–H groups in total. The Bertz CT molecular complexity index is 464. The fourth-order valence-corrected chi connectivity index (χ4v) is 3.27. The number of ether oxygens (including phenoxy) is 1. The fraction of sp³-hybridized carbons (Fsp3) is 0.647. The second-order valence-corrected chi connectivity index (χ2v) is 6.55. The molecule has 1 heterocycles. The molecule has 3 rings (SSSR count). The minimum Gasteiger partial charge on any atom is -0.493 e. The predicted molar refractivity (Wildman–Crippen MR) is 79.9 cm³/mol. The van der Waals surface area contributed by atoms with E-state index in [9.17, 15) is 5.11 Å². The Hall–Kier alpha value is -1.06. The quantitative estimate of drug-likeness (QED) is 0.887. The van der Waals surface area contributed by atoms with E-state index in [-0.39, 0.29) is 0 Å². The molecule has 3 nitrogen and oxygen atoms in total. The second-order valence-electron chi connectivity index (χ2n) is 6.55. The molecule has 0 unspecified atom stereocenters. The van der Waals surface area contributed by atoms with Crippen molar-refractivity contribution in [2.45, 2.75) is 51.2 Å². The maximum Gasteiger partial charge on any atom is 0.122 e. The van der Waals surface area contributed by atoms with Gasteiger partial charge in [0.2, 0.25) is 0 Å². The first-order valence-electron chi connectivity index (χ1n) is 7.82. The maximum absolute atomic E-state index is 10.5. The lowest BCUT2D eigenvalue weighted by atomic mass is 9.79. The van der Waals surface area contributed by atoms with Gasteiger partial charge >= 0.3 is 0 Å². The molecule has 2 aliphatic rings. The van der Waals surface area contributed by atoms with E-state index in [1.165, 1.54) is 11.1 Å². The predicted octanol–water partition coefficient (Wildman–Crippen LogP) is 2.65. The topological polar surface area (TPSA) is 41.5 Å². The minimum absolute atomic E-state index is 0.494. The van der Waals surface area contributed by atoms with E-state index in [1.54, 1.807) is 0 Å². The Labute approximate surface area is 121 Å². The lowest BCUT2D eigenvalue weighted by molar-refractivity contribution is -0.00630. The van der Waals surface area contributed by atoms with E-state index in [2.05, 4.69) is 30.4 Å². The van der Waals surface area contributed by atoms with Crippen LogP contribution in [0.5, 0.6) is 5.75 Å². The standard InChI is InChI=1S/C17H25NO2/c1-13-4-7-17(19,8-5-13)12-18-11-14-2-3-16-15(10-14)6-9-20-16/h2-3,10,13,18-19H,4-9,11-12H2,1H3. The molecule has 0 radical (unpaired) electrons. The lowest BCUT2D eigenvalue weighted by Gasteiger charge is -2.35. The molecule has 0 atom stereocenters. The Balaban J connectivity index is 1.50. The van der Waals surface area contributed by atoms with Crippen LogP contribution in [0.4, 0.5) is 0 Å².